The van der Waals surface area contributed by atoms with E-state index in [0.29, 0.717) is 26.2 Å². The van der Waals surface area contributed by atoms with E-state index in [9.17, 15) is 4.79 Å². The third-order valence-electron chi connectivity index (χ3n) is 6.06. The Morgan fingerprint density at radius 3 is 2.38 bits per heavy atom. The van der Waals surface area contributed by atoms with Crippen LogP contribution in [0.25, 0.3) is 0 Å². The van der Waals surface area contributed by atoms with Crippen LogP contribution in [-0.4, -0.2) is 47.8 Å². The van der Waals surface area contributed by atoms with E-state index in [2.05, 4.69) is 24.1 Å². The van der Waals surface area contributed by atoms with Crippen LogP contribution in [0.15, 0.2) is 71.7 Å². The molecule has 3 aromatic rings. The van der Waals surface area contributed by atoms with Crippen LogP contribution in [0.5, 0.6) is 11.5 Å². The number of aliphatic imine (C=N–C) groups is 1. The number of hydrogen-bond donors (Lipinski definition) is 1. The van der Waals surface area contributed by atoms with E-state index in [-0.39, 0.29) is 6.03 Å². The summed E-state index contributed by atoms with van der Waals surface area (Å²) in [6.07, 6.45) is 0. The second-order valence-corrected chi connectivity index (χ2v) is 8.20. The molecule has 6 heteroatoms. The van der Waals surface area contributed by atoms with Gasteiger partial charge in [0.25, 0.3) is 0 Å². The number of rotatable bonds is 1. The lowest BCUT2D eigenvalue weighted by Gasteiger charge is -2.36. The van der Waals surface area contributed by atoms with Crippen molar-refractivity contribution in [3.8, 4) is 11.5 Å². The summed E-state index contributed by atoms with van der Waals surface area (Å²) in [4.78, 5) is 21.9. The van der Waals surface area contributed by atoms with Crippen LogP contribution < -0.4 is 10.1 Å². The third-order valence-corrected chi connectivity index (χ3v) is 6.06. The molecule has 2 aliphatic rings. The van der Waals surface area contributed by atoms with Gasteiger partial charge in [-0.25, -0.2) is 9.79 Å². The fourth-order valence-corrected chi connectivity index (χ4v) is 4.05. The van der Waals surface area contributed by atoms with Gasteiger partial charge in [0.15, 0.2) is 5.75 Å². The summed E-state index contributed by atoms with van der Waals surface area (Å²) in [6, 6.07) is 21.7. The monoisotopic (exact) mass is 426 g/mol. The number of fused-ring (bicyclic) bond motifs is 2. The summed E-state index contributed by atoms with van der Waals surface area (Å²) in [7, 11) is 0. The minimum absolute atomic E-state index is 0.0650. The van der Waals surface area contributed by atoms with Crippen molar-refractivity contribution in [2.24, 2.45) is 4.99 Å². The van der Waals surface area contributed by atoms with Crippen LogP contribution in [-0.2, 0) is 0 Å². The van der Waals surface area contributed by atoms with Gasteiger partial charge in [-0.15, -0.1) is 0 Å². The summed E-state index contributed by atoms with van der Waals surface area (Å²) in [5, 5.41) is 3.03. The first-order valence-electron chi connectivity index (χ1n) is 10.9. The number of amides is 2. The molecule has 0 bridgehead atoms. The first-order chi connectivity index (χ1) is 15.6. The highest BCUT2D eigenvalue weighted by molar-refractivity contribution is 6.04. The van der Waals surface area contributed by atoms with Crippen molar-refractivity contribution in [2.45, 2.75) is 13.8 Å². The van der Waals surface area contributed by atoms with Crippen LogP contribution in [0.3, 0.4) is 0 Å². The molecule has 6 nitrogen and oxygen atoms in total. The Kier molecular flexibility index (Phi) is 5.27. The lowest BCUT2D eigenvalue weighted by molar-refractivity contribution is 0.181. The fraction of sp³-hybridized carbons (Fsp3) is 0.231. The molecule has 2 amide bonds. The van der Waals surface area contributed by atoms with Gasteiger partial charge in [0.05, 0.1) is 5.56 Å². The normalized spacial score (nSPS) is 15.1. The number of ether oxygens (including phenoxy) is 1. The Labute approximate surface area is 188 Å². The topological polar surface area (TPSA) is 57.2 Å². The number of urea groups is 1. The van der Waals surface area contributed by atoms with E-state index in [4.69, 9.17) is 9.73 Å². The van der Waals surface area contributed by atoms with E-state index in [1.807, 2.05) is 71.6 Å². The van der Waals surface area contributed by atoms with E-state index >= 15 is 0 Å². The number of amidine groups is 1. The summed E-state index contributed by atoms with van der Waals surface area (Å²) < 4.78 is 6.15. The molecule has 1 saturated heterocycles. The number of hydrogen-bond acceptors (Lipinski definition) is 4. The minimum Gasteiger partial charge on any atom is -0.454 e. The van der Waals surface area contributed by atoms with Gasteiger partial charge in [0.1, 0.15) is 17.3 Å². The number of para-hydroxylation sites is 3. The number of carbonyl (C=O) groups is 1. The van der Waals surface area contributed by atoms with Gasteiger partial charge in [-0.3, -0.25) is 0 Å². The number of nitrogens with one attached hydrogen (secondary N) is 1. The Morgan fingerprint density at radius 1 is 0.875 bits per heavy atom. The number of aryl methyl sites for hydroxylation is 2. The molecule has 0 radical (unpaired) electrons. The zero-order valence-electron chi connectivity index (χ0n) is 18.3. The predicted molar refractivity (Wildman–Crippen MR) is 127 cm³/mol. The summed E-state index contributed by atoms with van der Waals surface area (Å²) >= 11 is 0. The summed E-state index contributed by atoms with van der Waals surface area (Å²) in [6.45, 7) is 6.78. The third kappa shape index (κ3) is 3.91. The molecule has 1 fully saturated rings. The van der Waals surface area contributed by atoms with E-state index < -0.39 is 0 Å². The molecular formula is C26H26N4O2. The molecule has 1 N–H and O–H groups in total. The Balaban J connectivity index is 1.33. The molecule has 5 rings (SSSR count). The van der Waals surface area contributed by atoms with E-state index in [0.717, 1.165) is 34.3 Å². The van der Waals surface area contributed by atoms with Crippen molar-refractivity contribution in [3.63, 3.8) is 0 Å². The largest absolute Gasteiger partial charge is 0.454 e. The number of anilines is 1. The predicted octanol–water partition coefficient (Wildman–Crippen LogP) is 5.34. The molecule has 3 aromatic carbocycles. The van der Waals surface area contributed by atoms with E-state index in [1.165, 1.54) is 11.1 Å². The highest BCUT2D eigenvalue weighted by Gasteiger charge is 2.27. The Hall–Kier alpha value is -3.80. The van der Waals surface area contributed by atoms with Crippen molar-refractivity contribution in [1.82, 2.24) is 9.80 Å². The van der Waals surface area contributed by atoms with Gasteiger partial charge in [0, 0.05) is 31.9 Å². The van der Waals surface area contributed by atoms with Crippen LogP contribution in [0.1, 0.15) is 16.7 Å². The van der Waals surface area contributed by atoms with Gasteiger partial charge in [-0.2, -0.15) is 0 Å². The molecule has 2 aliphatic heterocycles. The van der Waals surface area contributed by atoms with Gasteiger partial charge in [0.2, 0.25) is 0 Å². The average Bonchev–Trinajstić information content (AvgIpc) is 2.98. The first kappa shape index (κ1) is 20.1. The number of nitrogens with zero attached hydrogens (tertiary/aromatic N) is 3. The van der Waals surface area contributed by atoms with Crippen molar-refractivity contribution in [3.05, 3.63) is 83.4 Å². The lowest BCUT2D eigenvalue weighted by atomic mass is 10.1. The maximum absolute atomic E-state index is 12.8. The van der Waals surface area contributed by atoms with Gasteiger partial charge >= 0.3 is 6.03 Å². The second kappa shape index (κ2) is 8.38. The molecule has 0 unspecified atom stereocenters. The maximum atomic E-state index is 12.8. The van der Waals surface area contributed by atoms with Gasteiger partial charge in [-0.05, 0) is 61.4 Å². The quantitative estimate of drug-likeness (QED) is 0.572. The van der Waals surface area contributed by atoms with E-state index in [1.54, 1.807) is 0 Å². The number of carbonyl (C=O) groups excluding carboxylic acids is 1. The van der Waals surface area contributed by atoms with Crippen LogP contribution in [0.2, 0.25) is 0 Å². The van der Waals surface area contributed by atoms with Gasteiger partial charge in [-0.1, -0.05) is 30.3 Å². The first-order valence-corrected chi connectivity index (χ1v) is 10.9. The molecule has 0 atom stereocenters. The minimum atomic E-state index is -0.0650. The zero-order valence-corrected chi connectivity index (χ0v) is 18.3. The molecule has 0 saturated carbocycles. The standard InChI is InChI=1S/C26H26N4O2/c1-18-11-12-20(17-19(18)2)27-26(31)30-15-13-29(14-16-30)25-21-7-3-5-9-23(21)32-24-10-6-4-8-22(24)28-25/h3-12,17H,13-16H2,1-2H3,(H,27,31). The van der Waals surface area contributed by atoms with Crippen LogP contribution in [0, 0.1) is 13.8 Å². The Morgan fingerprint density at radius 2 is 1.59 bits per heavy atom. The molecule has 32 heavy (non-hydrogen) atoms. The summed E-state index contributed by atoms with van der Waals surface area (Å²) in [5.41, 5.74) is 4.99. The molecule has 0 aliphatic carbocycles. The van der Waals surface area contributed by atoms with Crippen LogP contribution >= 0.6 is 0 Å². The second-order valence-electron chi connectivity index (χ2n) is 8.20. The fourth-order valence-electron chi connectivity index (χ4n) is 4.05. The number of benzene rings is 3. The summed E-state index contributed by atoms with van der Waals surface area (Å²) in [5.74, 6) is 2.44. The maximum Gasteiger partial charge on any atom is 0.321 e. The van der Waals surface area contributed by atoms with Crippen molar-refractivity contribution in [1.29, 1.82) is 0 Å². The van der Waals surface area contributed by atoms with Crippen molar-refractivity contribution < 1.29 is 9.53 Å². The van der Waals surface area contributed by atoms with Crippen molar-refractivity contribution >= 4 is 23.2 Å². The molecular weight excluding hydrogens is 400 g/mol. The smallest absolute Gasteiger partial charge is 0.321 e. The molecule has 2 heterocycles. The lowest BCUT2D eigenvalue weighted by Crippen LogP contribution is -2.51. The van der Waals surface area contributed by atoms with Gasteiger partial charge < -0.3 is 19.9 Å². The SMILES string of the molecule is Cc1ccc(NC(=O)N2CCN(C3=Nc4ccccc4Oc4ccccc43)CC2)cc1C. The van der Waals surface area contributed by atoms with Crippen molar-refractivity contribution in [2.75, 3.05) is 31.5 Å². The zero-order chi connectivity index (χ0) is 22.1. The molecule has 0 spiro atoms. The highest BCUT2D eigenvalue weighted by atomic mass is 16.5. The number of piperazine rings is 1. The molecule has 162 valence electrons. The average molecular weight is 427 g/mol. The van der Waals surface area contributed by atoms with Crippen LogP contribution in [0.4, 0.5) is 16.2 Å². The Bertz CT molecular complexity index is 1200. The highest BCUT2D eigenvalue weighted by Crippen LogP contribution is 2.37. The molecule has 0 aromatic heterocycles.